The lowest BCUT2D eigenvalue weighted by Crippen LogP contribution is -2.57. The van der Waals surface area contributed by atoms with Gasteiger partial charge in [0.25, 0.3) is 0 Å². The molecule has 1 aromatic carbocycles. The fourth-order valence-electron chi connectivity index (χ4n) is 3.01. The molecule has 1 aliphatic heterocycles. The van der Waals surface area contributed by atoms with Gasteiger partial charge in [0, 0.05) is 10.9 Å². The molecule has 0 unspecified atom stereocenters. The van der Waals surface area contributed by atoms with Gasteiger partial charge in [0.15, 0.2) is 0 Å². The Labute approximate surface area is 129 Å². The van der Waals surface area contributed by atoms with Gasteiger partial charge in [0.2, 0.25) is 5.91 Å². The molecule has 2 aliphatic rings. The Hall–Kier alpha value is -1.26. The van der Waals surface area contributed by atoms with Crippen LogP contribution in [0.2, 0.25) is 5.02 Å². The third-order valence-corrected chi connectivity index (χ3v) is 4.54. The Morgan fingerprint density at radius 3 is 2.62 bits per heavy atom. The molecule has 0 atom stereocenters. The molecule has 1 aliphatic carbocycles. The lowest BCUT2D eigenvalue weighted by molar-refractivity contribution is -0.146. The zero-order chi connectivity index (χ0) is 14.8. The fourth-order valence-corrected chi connectivity index (χ4v) is 3.19. The first-order valence-corrected chi connectivity index (χ1v) is 7.88. The van der Waals surface area contributed by atoms with Gasteiger partial charge in [-0.1, -0.05) is 17.7 Å². The van der Waals surface area contributed by atoms with Crippen LogP contribution in [0.3, 0.4) is 0 Å². The lowest BCUT2D eigenvalue weighted by Gasteiger charge is -2.41. The Balaban J connectivity index is 1.46. The summed E-state index contributed by atoms with van der Waals surface area (Å²) in [6.45, 7) is 1.29. The minimum absolute atomic E-state index is 0.0570. The molecule has 1 saturated carbocycles. The van der Waals surface area contributed by atoms with Crippen LogP contribution < -0.4 is 4.74 Å². The zero-order valence-electron chi connectivity index (χ0n) is 11.9. The number of rotatable bonds is 3. The van der Waals surface area contributed by atoms with Gasteiger partial charge in [-0.3, -0.25) is 4.79 Å². The van der Waals surface area contributed by atoms with Gasteiger partial charge < -0.3 is 14.7 Å². The first-order valence-electron chi connectivity index (χ1n) is 7.51. The normalized spacial score (nSPS) is 26.3. The standard InChI is InChI=1S/C16H20ClNO3/c17-12-2-1-3-14(8-12)21-15-9-18(10-15)16(20)11-4-6-13(19)7-5-11/h1-3,8,11,13,15,19H,4-7,9-10H2. The van der Waals surface area contributed by atoms with Crippen LogP contribution in [0.4, 0.5) is 0 Å². The quantitative estimate of drug-likeness (QED) is 0.933. The molecule has 0 spiro atoms. The second-order valence-electron chi connectivity index (χ2n) is 5.95. The highest BCUT2D eigenvalue weighted by Gasteiger charge is 2.36. The Kier molecular flexibility index (Phi) is 4.36. The van der Waals surface area contributed by atoms with Crippen LogP contribution in [0, 0.1) is 5.92 Å². The van der Waals surface area contributed by atoms with Crippen molar-refractivity contribution in [3.8, 4) is 5.75 Å². The van der Waals surface area contributed by atoms with E-state index in [-0.39, 0.29) is 24.0 Å². The van der Waals surface area contributed by atoms with Crippen molar-refractivity contribution < 1.29 is 14.6 Å². The topological polar surface area (TPSA) is 49.8 Å². The predicted molar refractivity (Wildman–Crippen MR) is 80.4 cm³/mol. The average Bonchev–Trinajstić information content (AvgIpc) is 2.42. The maximum atomic E-state index is 12.3. The summed E-state index contributed by atoms with van der Waals surface area (Å²) in [4.78, 5) is 14.2. The third kappa shape index (κ3) is 3.50. The monoisotopic (exact) mass is 309 g/mol. The van der Waals surface area contributed by atoms with Crippen molar-refractivity contribution in [1.29, 1.82) is 0 Å². The minimum Gasteiger partial charge on any atom is -0.487 e. The number of carbonyl (C=O) groups is 1. The highest BCUT2D eigenvalue weighted by Crippen LogP contribution is 2.28. The third-order valence-electron chi connectivity index (χ3n) is 4.30. The fraction of sp³-hybridized carbons (Fsp3) is 0.562. The van der Waals surface area contributed by atoms with Crippen LogP contribution in [0.5, 0.6) is 5.75 Å². The van der Waals surface area contributed by atoms with E-state index >= 15 is 0 Å². The van der Waals surface area contributed by atoms with E-state index in [1.165, 1.54) is 0 Å². The van der Waals surface area contributed by atoms with Gasteiger partial charge in [-0.05, 0) is 43.9 Å². The molecule has 21 heavy (non-hydrogen) atoms. The van der Waals surface area contributed by atoms with Gasteiger partial charge >= 0.3 is 0 Å². The number of halogens is 1. The first kappa shape index (κ1) is 14.7. The Morgan fingerprint density at radius 1 is 1.24 bits per heavy atom. The van der Waals surface area contributed by atoms with E-state index in [0.717, 1.165) is 31.4 Å². The van der Waals surface area contributed by atoms with Crippen molar-refractivity contribution in [2.75, 3.05) is 13.1 Å². The van der Waals surface area contributed by atoms with Gasteiger partial charge in [0.1, 0.15) is 11.9 Å². The number of benzene rings is 1. The molecule has 1 aromatic rings. The van der Waals surface area contributed by atoms with E-state index in [1.54, 1.807) is 6.07 Å². The van der Waals surface area contributed by atoms with E-state index in [2.05, 4.69) is 0 Å². The Bertz CT molecular complexity index is 508. The molecule has 1 saturated heterocycles. The minimum atomic E-state index is -0.218. The van der Waals surface area contributed by atoms with Gasteiger partial charge in [-0.15, -0.1) is 0 Å². The van der Waals surface area contributed by atoms with E-state index in [1.807, 2.05) is 23.1 Å². The molecule has 3 rings (SSSR count). The predicted octanol–water partition coefficient (Wildman–Crippen LogP) is 2.48. The number of ether oxygens (including phenoxy) is 1. The summed E-state index contributed by atoms with van der Waals surface area (Å²) in [5.41, 5.74) is 0. The van der Waals surface area contributed by atoms with Crippen LogP contribution >= 0.6 is 11.6 Å². The summed E-state index contributed by atoms with van der Waals surface area (Å²) in [5, 5.41) is 10.1. The van der Waals surface area contributed by atoms with Crippen LogP contribution in [-0.4, -0.2) is 41.2 Å². The maximum absolute atomic E-state index is 12.3. The molecule has 114 valence electrons. The van der Waals surface area contributed by atoms with Crippen molar-refractivity contribution in [2.45, 2.75) is 37.9 Å². The van der Waals surface area contributed by atoms with Crippen molar-refractivity contribution in [3.63, 3.8) is 0 Å². The van der Waals surface area contributed by atoms with Crippen LogP contribution in [0.1, 0.15) is 25.7 Å². The molecule has 1 N–H and O–H groups in total. The van der Waals surface area contributed by atoms with E-state index in [4.69, 9.17) is 16.3 Å². The number of nitrogens with zero attached hydrogens (tertiary/aromatic N) is 1. The summed E-state index contributed by atoms with van der Waals surface area (Å²) in [7, 11) is 0. The van der Waals surface area contributed by atoms with Crippen LogP contribution in [0.15, 0.2) is 24.3 Å². The van der Waals surface area contributed by atoms with E-state index in [0.29, 0.717) is 18.1 Å². The number of aliphatic hydroxyl groups excluding tert-OH is 1. The number of likely N-dealkylation sites (tertiary alicyclic amines) is 1. The molecule has 5 heteroatoms. The summed E-state index contributed by atoms with van der Waals surface area (Å²) >= 11 is 5.92. The second-order valence-corrected chi connectivity index (χ2v) is 6.38. The van der Waals surface area contributed by atoms with Crippen molar-refractivity contribution >= 4 is 17.5 Å². The van der Waals surface area contributed by atoms with Crippen molar-refractivity contribution in [2.24, 2.45) is 5.92 Å². The largest absolute Gasteiger partial charge is 0.487 e. The first-order chi connectivity index (χ1) is 10.1. The molecular weight excluding hydrogens is 290 g/mol. The molecule has 2 fully saturated rings. The SMILES string of the molecule is O=C(C1CCC(O)CC1)N1CC(Oc2cccc(Cl)c2)C1. The van der Waals surface area contributed by atoms with E-state index < -0.39 is 0 Å². The molecule has 1 amide bonds. The van der Waals surface area contributed by atoms with Crippen molar-refractivity contribution in [1.82, 2.24) is 4.90 Å². The van der Waals surface area contributed by atoms with Gasteiger partial charge in [-0.2, -0.15) is 0 Å². The highest BCUT2D eigenvalue weighted by molar-refractivity contribution is 6.30. The molecule has 4 nitrogen and oxygen atoms in total. The summed E-state index contributed by atoms with van der Waals surface area (Å²) < 4.78 is 5.80. The molecule has 0 radical (unpaired) electrons. The molecule has 0 aromatic heterocycles. The summed E-state index contributed by atoms with van der Waals surface area (Å²) in [6.07, 6.45) is 2.93. The van der Waals surface area contributed by atoms with Gasteiger partial charge in [-0.25, -0.2) is 0 Å². The lowest BCUT2D eigenvalue weighted by atomic mass is 9.86. The van der Waals surface area contributed by atoms with E-state index in [9.17, 15) is 9.90 Å². The second kappa shape index (κ2) is 6.24. The van der Waals surface area contributed by atoms with Gasteiger partial charge in [0.05, 0.1) is 19.2 Å². The smallest absolute Gasteiger partial charge is 0.225 e. The molecule has 1 heterocycles. The number of aliphatic hydroxyl groups is 1. The van der Waals surface area contributed by atoms with Crippen LogP contribution in [0.25, 0.3) is 0 Å². The van der Waals surface area contributed by atoms with Crippen LogP contribution in [-0.2, 0) is 4.79 Å². The number of amides is 1. The number of carbonyl (C=O) groups excluding carboxylic acids is 1. The van der Waals surface area contributed by atoms with Crippen molar-refractivity contribution in [3.05, 3.63) is 29.3 Å². The number of hydrogen-bond donors (Lipinski definition) is 1. The maximum Gasteiger partial charge on any atom is 0.225 e. The highest BCUT2D eigenvalue weighted by atomic mass is 35.5. The number of hydrogen-bond acceptors (Lipinski definition) is 3. The average molecular weight is 310 g/mol. The molecule has 0 bridgehead atoms. The Morgan fingerprint density at radius 2 is 1.95 bits per heavy atom. The summed E-state index contributed by atoms with van der Waals surface area (Å²) in [5.74, 6) is 1.05. The zero-order valence-corrected chi connectivity index (χ0v) is 12.6. The summed E-state index contributed by atoms with van der Waals surface area (Å²) in [6, 6.07) is 7.32. The molecular formula is C16H20ClNO3.